The van der Waals surface area contributed by atoms with Crippen molar-refractivity contribution in [3.63, 3.8) is 0 Å². The molecule has 0 amide bonds. The summed E-state index contributed by atoms with van der Waals surface area (Å²) in [4.78, 5) is 0. The molecule has 0 heterocycles. The van der Waals surface area contributed by atoms with Gasteiger partial charge in [0, 0.05) is 13.0 Å². The average molecular weight is 136 g/mol. The lowest BCUT2D eigenvalue weighted by atomic mass is 10.1. The van der Waals surface area contributed by atoms with Crippen molar-refractivity contribution in [1.29, 1.82) is 0 Å². The fourth-order valence-electron chi connectivity index (χ4n) is 0.441. The monoisotopic (exact) mass is 136 g/mol. The smallest absolute Gasteiger partial charge is 0.186 e. The highest BCUT2D eigenvalue weighted by Crippen LogP contribution is 2.05. The average Bonchev–Trinajstić information content (AvgIpc) is 1.84. The van der Waals surface area contributed by atoms with Crippen molar-refractivity contribution in [3.05, 3.63) is 0 Å². The Labute approximate surface area is 53.4 Å². The van der Waals surface area contributed by atoms with E-state index in [0.29, 0.717) is 0 Å². The summed E-state index contributed by atoms with van der Waals surface area (Å²) in [5, 5.41) is 33.8. The lowest BCUT2D eigenvalue weighted by Crippen LogP contribution is -2.32. The van der Waals surface area contributed by atoms with Crippen molar-refractivity contribution >= 4 is 0 Å². The van der Waals surface area contributed by atoms with Crippen LogP contribution in [0.25, 0.3) is 0 Å². The maximum atomic E-state index is 8.65. The minimum Gasteiger partial charge on any atom is -0.396 e. The molecule has 0 radical (unpaired) electrons. The zero-order valence-electron chi connectivity index (χ0n) is 5.12. The van der Waals surface area contributed by atoms with Crippen molar-refractivity contribution in [3.8, 4) is 0 Å². The van der Waals surface area contributed by atoms with E-state index < -0.39 is 12.4 Å². The number of hydrogen-bond donors (Lipinski definition) is 4. The highest BCUT2D eigenvalue weighted by Gasteiger charge is 2.19. The van der Waals surface area contributed by atoms with Gasteiger partial charge in [0.25, 0.3) is 0 Å². The maximum absolute atomic E-state index is 8.65. The van der Waals surface area contributed by atoms with Crippen LogP contribution in [0.1, 0.15) is 12.8 Å². The van der Waals surface area contributed by atoms with Gasteiger partial charge in [-0.05, 0) is 6.42 Å². The molecule has 0 aliphatic heterocycles. The molecule has 0 aromatic rings. The quantitative estimate of drug-likeness (QED) is 0.352. The first-order valence-corrected chi connectivity index (χ1v) is 2.79. The Balaban J connectivity index is 3.33. The first-order chi connectivity index (χ1) is 4.12. The van der Waals surface area contributed by atoms with Crippen LogP contribution in [-0.2, 0) is 0 Å². The summed E-state index contributed by atoms with van der Waals surface area (Å²) >= 11 is 0. The molecule has 0 aromatic heterocycles. The Bertz CT molecular complexity index is 71.4. The van der Waals surface area contributed by atoms with Gasteiger partial charge in [-0.2, -0.15) is 0 Å². The molecule has 0 spiro atoms. The second kappa shape index (κ2) is 3.79. The molecule has 0 fully saturated rings. The molecule has 4 heteroatoms. The van der Waals surface area contributed by atoms with E-state index in [2.05, 4.69) is 0 Å². The summed E-state index contributed by atoms with van der Waals surface area (Å²) in [7, 11) is 0. The largest absolute Gasteiger partial charge is 0.396 e. The predicted octanol–water partition coefficient (Wildman–Crippen LogP) is -1.57. The van der Waals surface area contributed by atoms with Gasteiger partial charge in [0.2, 0.25) is 0 Å². The van der Waals surface area contributed by atoms with Crippen LogP contribution in [0.3, 0.4) is 0 Å². The van der Waals surface area contributed by atoms with E-state index in [4.69, 9.17) is 20.4 Å². The van der Waals surface area contributed by atoms with Crippen molar-refractivity contribution in [2.75, 3.05) is 13.2 Å². The van der Waals surface area contributed by atoms with Gasteiger partial charge in [-0.25, -0.2) is 0 Å². The molecule has 4 N–H and O–H groups in total. The van der Waals surface area contributed by atoms with Gasteiger partial charge >= 0.3 is 0 Å². The normalized spacial score (nSPS) is 12.0. The van der Waals surface area contributed by atoms with Crippen molar-refractivity contribution in [2.45, 2.75) is 18.6 Å². The van der Waals surface area contributed by atoms with E-state index in [9.17, 15) is 0 Å². The summed E-state index contributed by atoms with van der Waals surface area (Å²) < 4.78 is 0. The Morgan fingerprint density at radius 1 is 1.11 bits per heavy atom. The summed E-state index contributed by atoms with van der Waals surface area (Å²) in [5.74, 6) is -2.01. The predicted molar refractivity (Wildman–Crippen MR) is 30.6 cm³/mol. The van der Waals surface area contributed by atoms with Crippen LogP contribution in [0.4, 0.5) is 0 Å². The van der Waals surface area contributed by atoms with Gasteiger partial charge < -0.3 is 20.4 Å². The van der Waals surface area contributed by atoms with E-state index in [1.807, 2.05) is 0 Å². The van der Waals surface area contributed by atoms with Gasteiger partial charge in [-0.3, -0.25) is 0 Å². The van der Waals surface area contributed by atoms with Gasteiger partial charge in [0.05, 0.1) is 6.61 Å². The van der Waals surface area contributed by atoms with Crippen LogP contribution in [-0.4, -0.2) is 39.4 Å². The van der Waals surface area contributed by atoms with Gasteiger partial charge in [0.1, 0.15) is 0 Å². The van der Waals surface area contributed by atoms with E-state index in [0.717, 1.165) is 0 Å². The van der Waals surface area contributed by atoms with Gasteiger partial charge in [-0.15, -0.1) is 0 Å². The van der Waals surface area contributed by atoms with E-state index >= 15 is 0 Å². The van der Waals surface area contributed by atoms with E-state index in [1.165, 1.54) is 0 Å². The molecule has 4 nitrogen and oxygen atoms in total. The van der Waals surface area contributed by atoms with Crippen LogP contribution in [0.2, 0.25) is 0 Å². The molecule has 0 saturated heterocycles. The molecule has 0 bridgehead atoms. The molecular weight excluding hydrogens is 124 g/mol. The third-order valence-corrected chi connectivity index (χ3v) is 0.988. The number of aliphatic hydroxyl groups excluding tert-OH is 2. The number of hydrogen-bond acceptors (Lipinski definition) is 4. The molecule has 0 aliphatic carbocycles. The number of rotatable bonds is 4. The summed E-state index contributed by atoms with van der Waals surface area (Å²) in [5.41, 5.74) is 0. The van der Waals surface area contributed by atoms with Crippen molar-refractivity contribution < 1.29 is 20.4 Å². The lowest BCUT2D eigenvalue weighted by Gasteiger charge is -2.17. The third kappa shape index (κ3) is 4.35. The van der Waals surface area contributed by atoms with Crippen LogP contribution < -0.4 is 0 Å². The molecule has 0 saturated carbocycles. The molecular formula is C5H12O4. The zero-order valence-corrected chi connectivity index (χ0v) is 5.12. The molecule has 0 atom stereocenters. The molecule has 0 rings (SSSR count). The van der Waals surface area contributed by atoms with Crippen molar-refractivity contribution in [1.82, 2.24) is 0 Å². The highest BCUT2D eigenvalue weighted by molar-refractivity contribution is 4.60. The van der Waals surface area contributed by atoms with Crippen molar-refractivity contribution in [2.24, 2.45) is 0 Å². The SMILES string of the molecule is OCCCC(O)(O)CO. The first kappa shape index (κ1) is 8.84. The van der Waals surface area contributed by atoms with E-state index in [1.54, 1.807) is 0 Å². The van der Waals surface area contributed by atoms with Gasteiger partial charge in [-0.1, -0.05) is 0 Å². The van der Waals surface area contributed by atoms with Gasteiger partial charge in [0.15, 0.2) is 5.79 Å². The minimum atomic E-state index is -2.01. The number of aliphatic hydroxyl groups is 4. The molecule has 0 aromatic carbocycles. The summed E-state index contributed by atoms with van der Waals surface area (Å²) in [6.45, 7) is -0.782. The minimum absolute atomic E-state index is 0. The second-order valence-corrected chi connectivity index (χ2v) is 1.97. The van der Waals surface area contributed by atoms with E-state index in [-0.39, 0.29) is 19.4 Å². The highest BCUT2D eigenvalue weighted by atomic mass is 16.5. The second-order valence-electron chi connectivity index (χ2n) is 1.97. The van der Waals surface area contributed by atoms with Crippen LogP contribution in [0, 0.1) is 0 Å². The first-order valence-electron chi connectivity index (χ1n) is 2.79. The molecule has 56 valence electrons. The molecule has 0 aliphatic rings. The standard InChI is InChI=1S/C5H12O4/c6-3-1-2-5(8,9)4-7/h6-9H,1-4H2. The Morgan fingerprint density at radius 2 is 1.67 bits per heavy atom. The molecule has 9 heavy (non-hydrogen) atoms. The summed E-state index contributed by atoms with van der Waals surface area (Å²) in [6, 6.07) is 0. The lowest BCUT2D eigenvalue weighted by molar-refractivity contribution is -0.192. The Kier molecular flexibility index (Phi) is 3.72. The maximum Gasteiger partial charge on any atom is 0.186 e. The van der Waals surface area contributed by atoms with Crippen LogP contribution in [0.5, 0.6) is 0 Å². The van der Waals surface area contributed by atoms with Crippen LogP contribution >= 0.6 is 0 Å². The topological polar surface area (TPSA) is 80.9 Å². The fraction of sp³-hybridized carbons (Fsp3) is 1.00. The Hall–Kier alpha value is -0.160. The Morgan fingerprint density at radius 3 is 2.00 bits per heavy atom. The summed E-state index contributed by atoms with van der Waals surface area (Å²) in [6.07, 6.45) is 0.285. The fourth-order valence-corrected chi connectivity index (χ4v) is 0.441. The van der Waals surface area contributed by atoms with Crippen LogP contribution in [0.15, 0.2) is 0 Å². The zero-order chi connectivity index (χ0) is 7.33. The molecule has 0 unspecified atom stereocenters. The third-order valence-electron chi connectivity index (χ3n) is 0.988.